The van der Waals surface area contributed by atoms with E-state index in [4.69, 9.17) is 0 Å². The van der Waals surface area contributed by atoms with Gasteiger partial charge < -0.3 is 0 Å². The number of rotatable bonds is 9. The first-order valence-corrected chi connectivity index (χ1v) is 17.3. The van der Waals surface area contributed by atoms with Crippen molar-refractivity contribution in [2.75, 3.05) is 0 Å². The monoisotopic (exact) mass is 414 g/mol. The van der Waals surface area contributed by atoms with Crippen molar-refractivity contribution in [1.29, 1.82) is 0 Å². The van der Waals surface area contributed by atoms with E-state index >= 15 is 0 Å². The number of aliphatic hydroxyl groups is 1. The Labute approximate surface area is 143 Å². The fourth-order valence-electron chi connectivity index (χ4n) is 3.66. The van der Waals surface area contributed by atoms with Crippen molar-refractivity contribution < 1.29 is 5.11 Å². The molecule has 1 rings (SSSR count). The summed E-state index contributed by atoms with van der Waals surface area (Å²) in [5.41, 5.74) is 0. The zero-order chi connectivity index (χ0) is 16.3. The number of unbranched alkanes of at least 4 members (excludes halogenated alkanes) is 3. The normalized spacial score (nSPS) is 22.2. The zero-order valence-electron chi connectivity index (χ0n) is 15.3. The zero-order valence-corrected chi connectivity index (χ0v) is 18.1. The first-order valence-electron chi connectivity index (χ1n) is 9.86. The van der Waals surface area contributed by atoms with E-state index < -0.39 is 18.4 Å². The maximum absolute atomic E-state index is 9.88. The molecule has 0 spiro atoms. The Morgan fingerprint density at radius 3 is 1.91 bits per heavy atom. The van der Waals surface area contributed by atoms with Crippen LogP contribution in [0.2, 0.25) is 13.3 Å². The van der Waals surface area contributed by atoms with Crippen LogP contribution in [0.1, 0.15) is 85.0 Å². The minimum absolute atomic E-state index is 0.0837. The van der Waals surface area contributed by atoms with Gasteiger partial charge in [-0.2, -0.15) is 0 Å². The van der Waals surface area contributed by atoms with Crippen LogP contribution < -0.4 is 0 Å². The molecule has 1 aliphatic rings. The van der Waals surface area contributed by atoms with Crippen LogP contribution >= 0.6 is 0 Å². The van der Waals surface area contributed by atoms with Gasteiger partial charge in [-0.25, -0.2) is 0 Å². The molecule has 0 aromatic carbocycles. The Balaban J connectivity index is 2.80. The molecule has 1 fully saturated rings. The van der Waals surface area contributed by atoms with Gasteiger partial charge in [-0.15, -0.1) is 0 Å². The summed E-state index contributed by atoms with van der Waals surface area (Å²) in [5, 5.41) is 9.88. The van der Waals surface area contributed by atoms with Crippen LogP contribution in [0.5, 0.6) is 0 Å². The fraction of sp³-hybridized carbons (Fsp3) is 0.900. The first kappa shape index (κ1) is 20.4. The predicted octanol–water partition coefficient (Wildman–Crippen LogP) is 5.93. The summed E-state index contributed by atoms with van der Waals surface area (Å²) in [6.07, 6.45) is 12.4. The van der Waals surface area contributed by atoms with Gasteiger partial charge in [0.25, 0.3) is 0 Å². The Morgan fingerprint density at radius 2 is 1.45 bits per heavy atom. The van der Waals surface area contributed by atoms with Gasteiger partial charge in [0.15, 0.2) is 0 Å². The van der Waals surface area contributed by atoms with Crippen LogP contribution in [0.3, 0.4) is 0 Å². The fourth-order valence-corrected chi connectivity index (χ4v) is 17.1. The van der Waals surface area contributed by atoms with E-state index in [1.54, 1.807) is 0 Å². The van der Waals surface area contributed by atoms with Gasteiger partial charge in [-0.05, 0) is 0 Å². The van der Waals surface area contributed by atoms with Crippen LogP contribution in [0.4, 0.5) is 0 Å². The molecule has 128 valence electrons. The van der Waals surface area contributed by atoms with E-state index in [1.165, 1.54) is 64.7 Å². The summed E-state index contributed by atoms with van der Waals surface area (Å²) < 4.78 is 8.42. The molecule has 0 unspecified atom stereocenters. The molecular formula is C20H38OSn. The maximum atomic E-state index is 9.88. The Kier molecular flexibility index (Phi) is 10.9. The molecule has 1 saturated carbocycles. The second-order valence-electron chi connectivity index (χ2n) is 7.38. The van der Waals surface area contributed by atoms with Gasteiger partial charge in [-0.1, -0.05) is 0 Å². The van der Waals surface area contributed by atoms with E-state index in [-0.39, 0.29) is 6.10 Å². The van der Waals surface area contributed by atoms with Crippen molar-refractivity contribution in [2.24, 2.45) is 5.92 Å². The second-order valence-corrected chi connectivity index (χ2v) is 19.7. The summed E-state index contributed by atoms with van der Waals surface area (Å²) >= 11 is -2.26. The average Bonchev–Trinajstić information content (AvgIpc) is 2.53. The second kappa shape index (κ2) is 11.8. The Hall–Kier alpha value is 0.319. The molecule has 0 bridgehead atoms. The van der Waals surface area contributed by atoms with Crippen LogP contribution in [0.15, 0.2) is 0 Å². The molecule has 0 radical (unpaired) electrons. The topological polar surface area (TPSA) is 20.2 Å². The average molecular weight is 413 g/mol. The van der Waals surface area contributed by atoms with E-state index in [2.05, 4.69) is 30.6 Å². The summed E-state index contributed by atoms with van der Waals surface area (Å²) in [7, 11) is 0. The van der Waals surface area contributed by atoms with Crippen molar-refractivity contribution >= 4 is 18.4 Å². The predicted molar refractivity (Wildman–Crippen MR) is 101 cm³/mol. The summed E-state index contributed by atoms with van der Waals surface area (Å²) in [6.45, 7) is 6.96. The number of hydrogen-bond acceptors (Lipinski definition) is 1. The molecule has 0 aliphatic heterocycles. The van der Waals surface area contributed by atoms with Gasteiger partial charge in [0.1, 0.15) is 0 Å². The van der Waals surface area contributed by atoms with Gasteiger partial charge in [0.05, 0.1) is 0 Å². The Morgan fingerprint density at radius 1 is 0.909 bits per heavy atom. The summed E-state index contributed by atoms with van der Waals surface area (Å²) in [6, 6.07) is 0. The number of hydrogen-bond donors (Lipinski definition) is 1. The molecule has 1 aliphatic carbocycles. The van der Waals surface area contributed by atoms with E-state index in [0.717, 1.165) is 12.8 Å². The third-order valence-electron chi connectivity index (χ3n) is 5.21. The third-order valence-corrected chi connectivity index (χ3v) is 18.4. The standard InChI is InChI=1S/C8H11O.3C4H9.Sn/c1-2-7-4-3-5-8(9)6-7;3*1-3-4-2;/h7-9H,3-6H2;3*1,3-4H2,2H3;/t7-,8+;;;;/m1..../s1. The van der Waals surface area contributed by atoms with Gasteiger partial charge >= 0.3 is 144 Å². The molecule has 2 atom stereocenters. The number of aliphatic hydroxyl groups excluding tert-OH is 1. The van der Waals surface area contributed by atoms with Crippen molar-refractivity contribution in [3.05, 3.63) is 0 Å². The van der Waals surface area contributed by atoms with Crippen LogP contribution in [-0.4, -0.2) is 29.6 Å². The van der Waals surface area contributed by atoms with E-state index in [0.29, 0.717) is 5.92 Å². The van der Waals surface area contributed by atoms with Crippen molar-refractivity contribution in [3.8, 4) is 9.86 Å². The summed E-state index contributed by atoms with van der Waals surface area (Å²) in [5.74, 6) is 4.19. The third kappa shape index (κ3) is 7.73. The molecule has 2 heteroatoms. The molecule has 0 heterocycles. The molecule has 0 saturated heterocycles. The van der Waals surface area contributed by atoms with Crippen molar-refractivity contribution in [1.82, 2.24) is 0 Å². The molecule has 0 aromatic heterocycles. The van der Waals surface area contributed by atoms with Crippen LogP contribution in [-0.2, 0) is 0 Å². The summed E-state index contributed by atoms with van der Waals surface area (Å²) in [4.78, 5) is 0. The molecule has 1 N–H and O–H groups in total. The van der Waals surface area contributed by atoms with Gasteiger partial charge in [0.2, 0.25) is 0 Å². The molecular weight excluding hydrogens is 375 g/mol. The quantitative estimate of drug-likeness (QED) is 0.367. The van der Waals surface area contributed by atoms with Crippen molar-refractivity contribution in [3.63, 3.8) is 0 Å². The minimum atomic E-state index is -2.26. The van der Waals surface area contributed by atoms with Gasteiger partial charge in [-0.3, -0.25) is 0 Å². The molecule has 0 aromatic rings. The van der Waals surface area contributed by atoms with E-state index in [1.807, 2.05) is 0 Å². The van der Waals surface area contributed by atoms with Gasteiger partial charge in [0, 0.05) is 0 Å². The first-order chi connectivity index (χ1) is 10.7. The SMILES string of the molecule is CCC[CH2][Sn]([C]#C[C@@H]1CCC[C@H](O)C1)([CH2]CCC)[CH2]CCC. The van der Waals surface area contributed by atoms with Crippen LogP contribution in [0, 0.1) is 15.8 Å². The molecule has 1 nitrogen and oxygen atoms in total. The molecule has 22 heavy (non-hydrogen) atoms. The van der Waals surface area contributed by atoms with E-state index in [9.17, 15) is 5.11 Å². The van der Waals surface area contributed by atoms with Crippen molar-refractivity contribution in [2.45, 2.75) is 104 Å². The molecule has 0 amide bonds. The van der Waals surface area contributed by atoms with Crippen LogP contribution in [0.25, 0.3) is 0 Å². The Bertz CT molecular complexity index is 320.